The second kappa shape index (κ2) is 6.15. The SMILES string of the molecule is CC(C)(C)CC(C)(C)Nc1c(-c2ccc3c(c2)OCO3)nc2cnccn12. The van der Waals surface area contributed by atoms with Crippen molar-refractivity contribution < 1.29 is 9.47 Å². The van der Waals surface area contributed by atoms with Gasteiger partial charge in [0.1, 0.15) is 11.5 Å². The van der Waals surface area contributed by atoms with Gasteiger partial charge in [0, 0.05) is 23.5 Å². The third kappa shape index (κ3) is 3.56. The molecule has 0 aliphatic carbocycles. The monoisotopic (exact) mass is 366 g/mol. The molecule has 1 aliphatic rings. The van der Waals surface area contributed by atoms with Crippen LogP contribution in [0.25, 0.3) is 16.9 Å². The Morgan fingerprint density at radius 3 is 2.67 bits per heavy atom. The van der Waals surface area contributed by atoms with Gasteiger partial charge >= 0.3 is 0 Å². The van der Waals surface area contributed by atoms with Crippen LogP contribution in [0.15, 0.2) is 36.8 Å². The molecule has 0 amide bonds. The number of imidazole rings is 1. The first-order valence-electron chi connectivity index (χ1n) is 9.22. The van der Waals surface area contributed by atoms with E-state index in [-0.39, 0.29) is 17.7 Å². The third-order valence-corrected chi connectivity index (χ3v) is 4.51. The zero-order chi connectivity index (χ0) is 19.2. The Kier molecular flexibility index (Phi) is 4.02. The maximum Gasteiger partial charge on any atom is 0.231 e. The van der Waals surface area contributed by atoms with Gasteiger partial charge in [-0.15, -0.1) is 0 Å². The molecule has 0 saturated heterocycles. The van der Waals surface area contributed by atoms with Crippen LogP contribution in [0.2, 0.25) is 0 Å². The molecule has 142 valence electrons. The van der Waals surface area contributed by atoms with Crippen LogP contribution >= 0.6 is 0 Å². The maximum atomic E-state index is 5.55. The van der Waals surface area contributed by atoms with E-state index in [1.807, 2.05) is 24.4 Å². The highest BCUT2D eigenvalue weighted by atomic mass is 16.7. The van der Waals surface area contributed by atoms with Crippen molar-refractivity contribution in [1.29, 1.82) is 0 Å². The molecule has 0 unspecified atom stereocenters. The Bertz CT molecular complexity index is 986. The molecule has 0 fully saturated rings. The lowest BCUT2D eigenvalue weighted by Crippen LogP contribution is -2.36. The molecule has 0 radical (unpaired) electrons. The van der Waals surface area contributed by atoms with E-state index in [0.29, 0.717) is 0 Å². The van der Waals surface area contributed by atoms with Gasteiger partial charge in [0.25, 0.3) is 0 Å². The van der Waals surface area contributed by atoms with Crippen LogP contribution in [0.5, 0.6) is 11.5 Å². The minimum Gasteiger partial charge on any atom is -0.454 e. The molecular formula is C21H26N4O2. The average Bonchev–Trinajstić information content (AvgIpc) is 3.16. The average molecular weight is 366 g/mol. The minimum atomic E-state index is -0.109. The summed E-state index contributed by atoms with van der Waals surface area (Å²) in [4.78, 5) is 9.05. The van der Waals surface area contributed by atoms with E-state index in [1.165, 1.54) is 0 Å². The number of hydrogen-bond donors (Lipinski definition) is 1. The summed E-state index contributed by atoms with van der Waals surface area (Å²) in [6.07, 6.45) is 6.51. The van der Waals surface area contributed by atoms with E-state index in [4.69, 9.17) is 14.5 Å². The van der Waals surface area contributed by atoms with E-state index in [1.54, 1.807) is 12.4 Å². The third-order valence-electron chi connectivity index (χ3n) is 4.51. The van der Waals surface area contributed by atoms with Crippen molar-refractivity contribution in [3.05, 3.63) is 36.8 Å². The summed E-state index contributed by atoms with van der Waals surface area (Å²) in [7, 11) is 0. The van der Waals surface area contributed by atoms with Crippen LogP contribution < -0.4 is 14.8 Å². The van der Waals surface area contributed by atoms with Crippen molar-refractivity contribution in [2.75, 3.05) is 12.1 Å². The van der Waals surface area contributed by atoms with Crippen molar-refractivity contribution in [3.8, 4) is 22.8 Å². The number of fused-ring (bicyclic) bond motifs is 2. The lowest BCUT2D eigenvalue weighted by molar-refractivity contribution is 0.174. The number of nitrogens with zero attached hydrogens (tertiary/aromatic N) is 3. The fraction of sp³-hybridized carbons (Fsp3) is 0.429. The van der Waals surface area contributed by atoms with Gasteiger partial charge in [0.2, 0.25) is 6.79 Å². The zero-order valence-electron chi connectivity index (χ0n) is 16.5. The standard InChI is InChI=1S/C21H26N4O2/c1-20(2,3)12-21(4,5)24-19-18(23-17-11-22-8-9-25(17)19)14-6-7-15-16(10-14)27-13-26-15/h6-11,24H,12-13H2,1-5H3. The zero-order valence-corrected chi connectivity index (χ0v) is 16.5. The molecule has 3 aromatic rings. The van der Waals surface area contributed by atoms with E-state index < -0.39 is 0 Å². The van der Waals surface area contributed by atoms with Crippen molar-refractivity contribution in [2.24, 2.45) is 5.41 Å². The molecule has 0 atom stereocenters. The van der Waals surface area contributed by atoms with Gasteiger partial charge in [-0.05, 0) is 43.9 Å². The molecule has 0 bridgehead atoms. The van der Waals surface area contributed by atoms with Crippen molar-refractivity contribution in [1.82, 2.24) is 14.4 Å². The summed E-state index contributed by atoms with van der Waals surface area (Å²) >= 11 is 0. The van der Waals surface area contributed by atoms with Crippen LogP contribution in [0.1, 0.15) is 41.0 Å². The van der Waals surface area contributed by atoms with Crippen LogP contribution in [-0.4, -0.2) is 26.7 Å². The number of anilines is 1. The van der Waals surface area contributed by atoms with Gasteiger partial charge < -0.3 is 14.8 Å². The highest BCUT2D eigenvalue weighted by molar-refractivity contribution is 5.78. The van der Waals surface area contributed by atoms with Crippen molar-refractivity contribution in [3.63, 3.8) is 0 Å². The predicted molar refractivity (Wildman–Crippen MR) is 106 cm³/mol. The van der Waals surface area contributed by atoms with E-state index in [9.17, 15) is 0 Å². The maximum absolute atomic E-state index is 5.55. The minimum absolute atomic E-state index is 0.109. The number of aromatic nitrogens is 3. The molecular weight excluding hydrogens is 340 g/mol. The van der Waals surface area contributed by atoms with Gasteiger partial charge in [0.15, 0.2) is 17.1 Å². The summed E-state index contributed by atoms with van der Waals surface area (Å²) in [5.41, 5.74) is 2.76. The normalized spacial score (nSPS) is 14.0. The fourth-order valence-corrected chi connectivity index (χ4v) is 3.96. The summed E-state index contributed by atoms with van der Waals surface area (Å²) < 4.78 is 13.0. The summed E-state index contributed by atoms with van der Waals surface area (Å²) in [6, 6.07) is 5.94. The largest absolute Gasteiger partial charge is 0.454 e. The van der Waals surface area contributed by atoms with Crippen LogP contribution in [0.3, 0.4) is 0 Å². The number of nitrogens with one attached hydrogen (secondary N) is 1. The molecule has 2 aromatic heterocycles. The number of benzene rings is 1. The van der Waals surface area contributed by atoms with Gasteiger partial charge in [-0.25, -0.2) is 4.98 Å². The van der Waals surface area contributed by atoms with E-state index >= 15 is 0 Å². The first-order valence-corrected chi connectivity index (χ1v) is 9.22. The molecule has 0 saturated carbocycles. The predicted octanol–water partition coefficient (Wildman–Crippen LogP) is 4.75. The quantitative estimate of drug-likeness (QED) is 0.722. The molecule has 27 heavy (non-hydrogen) atoms. The molecule has 6 heteroatoms. The summed E-state index contributed by atoms with van der Waals surface area (Å²) in [5.74, 6) is 2.48. The van der Waals surface area contributed by atoms with Crippen molar-refractivity contribution >= 4 is 11.5 Å². The van der Waals surface area contributed by atoms with E-state index in [0.717, 1.165) is 40.6 Å². The fourth-order valence-electron chi connectivity index (χ4n) is 3.96. The first-order chi connectivity index (χ1) is 12.7. The highest BCUT2D eigenvalue weighted by Crippen LogP contribution is 2.39. The molecule has 1 aromatic carbocycles. The topological polar surface area (TPSA) is 60.7 Å². The van der Waals surface area contributed by atoms with Gasteiger partial charge in [-0.2, -0.15) is 0 Å². The lowest BCUT2D eigenvalue weighted by Gasteiger charge is -2.34. The molecule has 0 spiro atoms. The first kappa shape index (κ1) is 17.6. The molecule has 1 N–H and O–H groups in total. The van der Waals surface area contributed by atoms with Crippen LogP contribution in [-0.2, 0) is 0 Å². The second-order valence-electron chi connectivity index (χ2n) is 8.93. The highest BCUT2D eigenvalue weighted by Gasteiger charge is 2.28. The number of ether oxygens (including phenoxy) is 2. The van der Waals surface area contributed by atoms with Crippen LogP contribution in [0.4, 0.5) is 5.82 Å². The van der Waals surface area contributed by atoms with Gasteiger partial charge in [-0.1, -0.05) is 20.8 Å². The lowest BCUT2D eigenvalue weighted by atomic mass is 9.82. The number of rotatable bonds is 4. The van der Waals surface area contributed by atoms with Gasteiger partial charge in [-0.3, -0.25) is 9.38 Å². The summed E-state index contributed by atoms with van der Waals surface area (Å²) in [6.45, 7) is 11.5. The molecule has 1 aliphatic heterocycles. The Morgan fingerprint density at radius 1 is 1.11 bits per heavy atom. The van der Waals surface area contributed by atoms with Crippen molar-refractivity contribution in [2.45, 2.75) is 46.6 Å². The van der Waals surface area contributed by atoms with E-state index in [2.05, 4.69) is 49.3 Å². The summed E-state index contributed by atoms with van der Waals surface area (Å²) in [5, 5.41) is 3.73. The molecule has 3 heterocycles. The second-order valence-corrected chi connectivity index (χ2v) is 8.93. The number of hydrogen-bond acceptors (Lipinski definition) is 5. The Morgan fingerprint density at radius 2 is 1.89 bits per heavy atom. The van der Waals surface area contributed by atoms with Gasteiger partial charge in [0.05, 0.1) is 6.20 Å². The Balaban J connectivity index is 1.80. The molecule has 4 rings (SSSR count). The smallest absolute Gasteiger partial charge is 0.231 e. The Hall–Kier alpha value is -2.76. The molecule has 6 nitrogen and oxygen atoms in total. The Labute approximate surface area is 159 Å². The van der Waals surface area contributed by atoms with Crippen LogP contribution in [0, 0.1) is 5.41 Å².